The Morgan fingerprint density at radius 3 is 2.15 bits per heavy atom. The first-order valence-corrected chi connectivity index (χ1v) is 11.6. The summed E-state index contributed by atoms with van der Waals surface area (Å²) in [6.07, 6.45) is 0.780. The molecule has 1 heterocycles. The molecule has 0 fully saturated rings. The zero-order valence-electron chi connectivity index (χ0n) is 18.4. The predicted molar refractivity (Wildman–Crippen MR) is 126 cm³/mol. The van der Waals surface area contributed by atoms with Gasteiger partial charge in [0.15, 0.2) is 11.5 Å². The number of fused-ring (bicyclic) bond motifs is 1. The number of carbonyl (C=O) groups is 1. The molecule has 0 amide bonds. The van der Waals surface area contributed by atoms with E-state index in [2.05, 4.69) is 0 Å². The van der Waals surface area contributed by atoms with Crippen molar-refractivity contribution in [3.8, 4) is 28.5 Å². The number of nitrogens with zero attached hydrogens (tertiary/aromatic N) is 1. The van der Waals surface area contributed by atoms with E-state index in [0.29, 0.717) is 33.8 Å². The van der Waals surface area contributed by atoms with Crippen LogP contribution in [0.3, 0.4) is 0 Å². The SMILES string of the molecule is COc1cc(CC=O)c(-c2cc3ccccc3n2S(=O)(=O)c2ccccc2)c(OC)c1OC. The Balaban J connectivity index is 2.17. The lowest BCUT2D eigenvalue weighted by Gasteiger charge is -2.20. The predicted octanol–water partition coefficient (Wildman–Crippen LogP) is 4.31. The summed E-state index contributed by atoms with van der Waals surface area (Å²) in [7, 11) is 0.427. The topological polar surface area (TPSA) is 83.8 Å². The Kier molecular flexibility index (Phi) is 6.11. The molecule has 3 aromatic carbocycles. The molecule has 0 spiro atoms. The second kappa shape index (κ2) is 8.99. The van der Waals surface area contributed by atoms with E-state index in [1.54, 1.807) is 54.6 Å². The van der Waals surface area contributed by atoms with E-state index in [9.17, 15) is 13.2 Å². The summed E-state index contributed by atoms with van der Waals surface area (Å²) in [4.78, 5) is 11.7. The summed E-state index contributed by atoms with van der Waals surface area (Å²) in [5, 5.41) is 0.723. The molecule has 0 aliphatic rings. The van der Waals surface area contributed by atoms with Crippen LogP contribution in [0.15, 0.2) is 71.6 Å². The van der Waals surface area contributed by atoms with Crippen LogP contribution in [0.5, 0.6) is 17.2 Å². The lowest BCUT2D eigenvalue weighted by Crippen LogP contribution is -2.15. The third-order valence-corrected chi connectivity index (χ3v) is 7.16. The number of benzene rings is 3. The molecular formula is C25H23NO6S. The van der Waals surface area contributed by atoms with E-state index in [0.717, 1.165) is 11.7 Å². The lowest BCUT2D eigenvalue weighted by molar-refractivity contribution is -0.107. The van der Waals surface area contributed by atoms with Crippen LogP contribution in [0.1, 0.15) is 5.56 Å². The molecule has 4 rings (SSSR count). The second-order valence-corrected chi connectivity index (χ2v) is 9.01. The number of aldehydes is 1. The van der Waals surface area contributed by atoms with Crippen LogP contribution in [0.4, 0.5) is 0 Å². The van der Waals surface area contributed by atoms with Gasteiger partial charge in [0.25, 0.3) is 10.0 Å². The smallest absolute Gasteiger partial charge is 0.268 e. The van der Waals surface area contributed by atoms with Gasteiger partial charge >= 0.3 is 0 Å². The van der Waals surface area contributed by atoms with Gasteiger partial charge in [0.1, 0.15) is 6.29 Å². The highest BCUT2D eigenvalue weighted by Crippen LogP contribution is 2.48. The third kappa shape index (κ3) is 3.72. The first-order chi connectivity index (χ1) is 16.0. The van der Waals surface area contributed by atoms with Crippen molar-refractivity contribution in [3.63, 3.8) is 0 Å². The molecule has 0 saturated carbocycles. The number of rotatable bonds is 8. The van der Waals surface area contributed by atoms with Gasteiger partial charge in [-0.1, -0.05) is 36.4 Å². The van der Waals surface area contributed by atoms with Crippen LogP contribution in [-0.2, 0) is 21.2 Å². The fourth-order valence-electron chi connectivity index (χ4n) is 4.00. The maximum absolute atomic E-state index is 13.8. The first-order valence-electron chi connectivity index (χ1n) is 10.1. The molecule has 0 bridgehead atoms. The van der Waals surface area contributed by atoms with Gasteiger partial charge in [-0.2, -0.15) is 0 Å². The Hall–Kier alpha value is -3.78. The van der Waals surface area contributed by atoms with Crippen LogP contribution >= 0.6 is 0 Å². The highest BCUT2D eigenvalue weighted by Gasteiger charge is 2.29. The van der Waals surface area contributed by atoms with E-state index in [4.69, 9.17) is 14.2 Å². The lowest BCUT2D eigenvalue weighted by atomic mass is 9.99. The molecule has 170 valence electrons. The fraction of sp³-hybridized carbons (Fsp3) is 0.160. The maximum Gasteiger partial charge on any atom is 0.268 e. The minimum Gasteiger partial charge on any atom is -0.493 e. The van der Waals surface area contributed by atoms with Gasteiger partial charge in [-0.15, -0.1) is 0 Å². The van der Waals surface area contributed by atoms with Gasteiger partial charge in [-0.3, -0.25) is 0 Å². The van der Waals surface area contributed by atoms with Gasteiger partial charge < -0.3 is 19.0 Å². The zero-order valence-corrected chi connectivity index (χ0v) is 19.3. The number of ether oxygens (including phenoxy) is 3. The highest BCUT2D eigenvalue weighted by molar-refractivity contribution is 7.90. The van der Waals surface area contributed by atoms with Crippen molar-refractivity contribution >= 4 is 27.2 Å². The molecule has 0 unspecified atom stereocenters. The van der Waals surface area contributed by atoms with Crippen LogP contribution in [0.2, 0.25) is 0 Å². The van der Waals surface area contributed by atoms with Crippen molar-refractivity contribution in [2.45, 2.75) is 11.3 Å². The second-order valence-electron chi connectivity index (χ2n) is 7.22. The van der Waals surface area contributed by atoms with Crippen LogP contribution < -0.4 is 14.2 Å². The fourth-order valence-corrected chi connectivity index (χ4v) is 5.54. The number of para-hydroxylation sites is 1. The van der Waals surface area contributed by atoms with Crippen LogP contribution in [-0.4, -0.2) is 40.0 Å². The number of carbonyl (C=O) groups excluding carboxylic acids is 1. The minimum atomic E-state index is -3.99. The quantitative estimate of drug-likeness (QED) is 0.361. The normalized spacial score (nSPS) is 11.4. The Morgan fingerprint density at radius 1 is 0.848 bits per heavy atom. The molecule has 0 saturated heterocycles. The summed E-state index contributed by atoms with van der Waals surface area (Å²) < 4.78 is 45.6. The zero-order chi connectivity index (χ0) is 23.6. The molecular weight excluding hydrogens is 442 g/mol. The van der Waals surface area contributed by atoms with Crippen molar-refractivity contribution in [3.05, 3.63) is 72.3 Å². The number of hydrogen-bond donors (Lipinski definition) is 0. The number of hydrogen-bond acceptors (Lipinski definition) is 6. The molecule has 33 heavy (non-hydrogen) atoms. The average molecular weight is 466 g/mol. The largest absolute Gasteiger partial charge is 0.493 e. The van der Waals surface area contributed by atoms with Crippen molar-refractivity contribution in [2.24, 2.45) is 0 Å². The van der Waals surface area contributed by atoms with Gasteiger partial charge in [-0.25, -0.2) is 12.4 Å². The van der Waals surface area contributed by atoms with Crippen molar-refractivity contribution < 1.29 is 27.4 Å². The summed E-state index contributed by atoms with van der Waals surface area (Å²) in [6, 6.07) is 18.8. The third-order valence-electron chi connectivity index (χ3n) is 5.42. The average Bonchev–Trinajstić information content (AvgIpc) is 3.23. The molecule has 4 aromatic rings. The van der Waals surface area contributed by atoms with Crippen molar-refractivity contribution in [1.82, 2.24) is 3.97 Å². The molecule has 0 aliphatic carbocycles. The van der Waals surface area contributed by atoms with Gasteiger partial charge in [0.05, 0.1) is 37.4 Å². The Labute approximate surface area is 192 Å². The standard InChI is InChI=1S/C25H23NO6S/c1-30-22-16-18(13-14-27)23(25(32-3)24(22)31-2)21-15-17-9-7-8-12-20(17)26(21)33(28,29)19-10-5-4-6-11-19/h4-12,14-16H,13H2,1-3H3. The van der Waals surface area contributed by atoms with Crippen molar-refractivity contribution in [1.29, 1.82) is 0 Å². The van der Waals surface area contributed by atoms with E-state index >= 15 is 0 Å². The van der Waals surface area contributed by atoms with Crippen LogP contribution in [0.25, 0.3) is 22.2 Å². The Bertz CT molecular complexity index is 1420. The number of aromatic nitrogens is 1. The summed E-state index contributed by atoms with van der Waals surface area (Å²) in [5.74, 6) is 0.961. The van der Waals surface area contributed by atoms with Crippen molar-refractivity contribution in [2.75, 3.05) is 21.3 Å². The molecule has 0 radical (unpaired) electrons. The maximum atomic E-state index is 13.8. The van der Waals surface area contributed by atoms with E-state index in [1.807, 2.05) is 12.1 Å². The van der Waals surface area contributed by atoms with Gasteiger partial charge in [-0.05, 0) is 35.9 Å². The van der Waals surface area contributed by atoms with E-state index in [1.165, 1.54) is 25.3 Å². The number of methoxy groups -OCH3 is 3. The monoisotopic (exact) mass is 465 g/mol. The molecule has 7 nitrogen and oxygen atoms in total. The molecule has 8 heteroatoms. The Morgan fingerprint density at radius 2 is 1.52 bits per heavy atom. The highest BCUT2D eigenvalue weighted by atomic mass is 32.2. The molecule has 0 N–H and O–H groups in total. The summed E-state index contributed by atoms with van der Waals surface area (Å²) >= 11 is 0. The molecule has 1 aromatic heterocycles. The van der Waals surface area contributed by atoms with E-state index in [-0.39, 0.29) is 17.1 Å². The molecule has 0 aliphatic heterocycles. The molecule has 0 atom stereocenters. The summed E-state index contributed by atoms with van der Waals surface area (Å²) in [5.41, 5.74) is 1.85. The minimum absolute atomic E-state index is 0.0267. The van der Waals surface area contributed by atoms with Crippen LogP contribution in [0, 0.1) is 0 Å². The van der Waals surface area contributed by atoms with Gasteiger partial charge in [0, 0.05) is 17.4 Å². The van der Waals surface area contributed by atoms with E-state index < -0.39 is 10.0 Å². The first kappa shape index (κ1) is 22.4. The van der Waals surface area contributed by atoms with Gasteiger partial charge in [0.2, 0.25) is 5.75 Å². The summed E-state index contributed by atoms with van der Waals surface area (Å²) in [6.45, 7) is 0.